The van der Waals surface area contributed by atoms with Crippen LogP contribution in [0.1, 0.15) is 22.9 Å². The molecule has 33 heavy (non-hydrogen) atoms. The predicted octanol–water partition coefficient (Wildman–Crippen LogP) is 5.63. The van der Waals surface area contributed by atoms with Crippen molar-refractivity contribution in [1.82, 2.24) is 9.47 Å². The van der Waals surface area contributed by atoms with Crippen molar-refractivity contribution in [2.45, 2.75) is 12.6 Å². The summed E-state index contributed by atoms with van der Waals surface area (Å²) in [4.78, 5) is 15.6. The number of carbonyl (C=O) groups is 1. The van der Waals surface area contributed by atoms with E-state index in [4.69, 9.17) is 9.47 Å². The first-order valence-electron chi connectivity index (χ1n) is 10.8. The molecule has 0 saturated carbocycles. The van der Waals surface area contributed by atoms with Gasteiger partial charge in [0.1, 0.15) is 11.5 Å². The van der Waals surface area contributed by atoms with Gasteiger partial charge in [0.25, 0.3) is 0 Å². The van der Waals surface area contributed by atoms with Crippen molar-refractivity contribution in [2.24, 2.45) is 0 Å². The van der Waals surface area contributed by atoms with Gasteiger partial charge in [-0.25, -0.2) is 4.79 Å². The van der Waals surface area contributed by atoms with Gasteiger partial charge in [0, 0.05) is 35.8 Å². The summed E-state index contributed by atoms with van der Waals surface area (Å²) in [6.45, 7) is 0.463. The number of carbonyl (C=O) groups excluding carboxylic acids is 1. The van der Waals surface area contributed by atoms with Crippen molar-refractivity contribution in [3.63, 3.8) is 0 Å². The molecule has 1 N–H and O–H groups in total. The molecule has 6 heteroatoms. The Morgan fingerprint density at radius 2 is 1.58 bits per heavy atom. The van der Waals surface area contributed by atoms with Gasteiger partial charge in [0.05, 0.1) is 32.5 Å². The van der Waals surface area contributed by atoms with Gasteiger partial charge >= 0.3 is 6.03 Å². The number of fused-ring (bicyclic) bond motifs is 3. The predicted molar refractivity (Wildman–Crippen MR) is 128 cm³/mol. The van der Waals surface area contributed by atoms with Gasteiger partial charge in [-0.3, -0.25) is 0 Å². The molecule has 4 aromatic rings. The Kier molecular flexibility index (Phi) is 5.48. The second kappa shape index (κ2) is 8.74. The molecule has 2 amide bonds. The molecule has 3 aromatic carbocycles. The summed E-state index contributed by atoms with van der Waals surface area (Å²) < 4.78 is 12.9. The first-order chi connectivity index (χ1) is 16.2. The van der Waals surface area contributed by atoms with E-state index in [1.807, 2.05) is 41.3 Å². The summed E-state index contributed by atoms with van der Waals surface area (Å²) in [6, 6.07) is 27.3. The lowest BCUT2D eigenvalue weighted by molar-refractivity contribution is 0.194. The SMILES string of the molecule is COc1cc(NC(=O)N2Cc3ccccc3-n3cccc3[C@@H]2c2ccccc2)cc(OC)c1. The normalized spacial score (nSPS) is 14.6. The van der Waals surface area contributed by atoms with E-state index in [1.165, 1.54) is 0 Å². The lowest BCUT2D eigenvalue weighted by atomic mass is 10.0. The monoisotopic (exact) mass is 439 g/mol. The number of anilines is 1. The maximum atomic E-state index is 13.8. The Morgan fingerprint density at radius 1 is 0.879 bits per heavy atom. The Bertz CT molecular complexity index is 1260. The summed E-state index contributed by atoms with van der Waals surface area (Å²) in [6.07, 6.45) is 2.05. The number of rotatable bonds is 4. The number of benzene rings is 3. The molecule has 2 heterocycles. The highest BCUT2D eigenvalue weighted by atomic mass is 16.5. The molecule has 166 valence electrons. The van der Waals surface area contributed by atoms with E-state index in [0.717, 1.165) is 22.5 Å². The molecule has 0 aliphatic carbocycles. The fraction of sp³-hybridized carbons (Fsp3) is 0.148. The van der Waals surface area contributed by atoms with Crippen LogP contribution in [0.25, 0.3) is 5.69 Å². The summed E-state index contributed by atoms with van der Waals surface area (Å²) >= 11 is 0. The van der Waals surface area contributed by atoms with Crippen molar-refractivity contribution in [3.05, 3.63) is 108 Å². The number of amides is 2. The number of aromatic nitrogens is 1. The number of para-hydroxylation sites is 1. The number of methoxy groups -OCH3 is 2. The molecule has 1 aromatic heterocycles. The lowest BCUT2D eigenvalue weighted by Crippen LogP contribution is -2.37. The van der Waals surface area contributed by atoms with Crippen LogP contribution in [0, 0.1) is 0 Å². The molecule has 0 bridgehead atoms. The van der Waals surface area contributed by atoms with Crippen molar-refractivity contribution in [2.75, 3.05) is 19.5 Å². The maximum Gasteiger partial charge on any atom is 0.322 e. The molecule has 0 unspecified atom stereocenters. The molecule has 5 rings (SSSR count). The summed E-state index contributed by atoms with van der Waals surface area (Å²) in [5.41, 5.74) is 4.84. The molecular weight excluding hydrogens is 414 g/mol. The number of hydrogen-bond acceptors (Lipinski definition) is 3. The van der Waals surface area contributed by atoms with Gasteiger partial charge < -0.3 is 24.3 Å². The van der Waals surface area contributed by atoms with Crippen LogP contribution in [0.2, 0.25) is 0 Å². The average Bonchev–Trinajstić information content (AvgIpc) is 3.28. The van der Waals surface area contributed by atoms with E-state index in [2.05, 4.69) is 46.4 Å². The van der Waals surface area contributed by atoms with Gasteiger partial charge in [-0.1, -0.05) is 48.5 Å². The molecular formula is C27H25N3O3. The number of hydrogen-bond donors (Lipinski definition) is 1. The number of ether oxygens (including phenoxy) is 2. The van der Waals surface area contributed by atoms with Gasteiger partial charge in [0.2, 0.25) is 0 Å². The van der Waals surface area contributed by atoms with Crippen LogP contribution in [0.3, 0.4) is 0 Å². The Hall–Kier alpha value is -4.19. The first kappa shape index (κ1) is 20.7. The van der Waals surface area contributed by atoms with Crippen LogP contribution in [0.15, 0.2) is 91.1 Å². The lowest BCUT2D eigenvalue weighted by Gasteiger charge is -2.31. The molecule has 0 saturated heterocycles. The average molecular weight is 440 g/mol. The van der Waals surface area contributed by atoms with Crippen molar-refractivity contribution < 1.29 is 14.3 Å². The molecule has 0 spiro atoms. The zero-order valence-corrected chi connectivity index (χ0v) is 18.6. The van der Waals surface area contributed by atoms with Crippen LogP contribution >= 0.6 is 0 Å². The third kappa shape index (κ3) is 3.91. The van der Waals surface area contributed by atoms with Crippen LogP contribution in [-0.2, 0) is 6.54 Å². The van der Waals surface area contributed by atoms with Crippen LogP contribution < -0.4 is 14.8 Å². The topological polar surface area (TPSA) is 55.7 Å². The molecule has 1 atom stereocenters. The fourth-order valence-corrected chi connectivity index (χ4v) is 4.40. The quantitative estimate of drug-likeness (QED) is 0.448. The fourth-order valence-electron chi connectivity index (χ4n) is 4.40. The Morgan fingerprint density at radius 3 is 2.30 bits per heavy atom. The van der Waals surface area contributed by atoms with E-state index in [0.29, 0.717) is 23.7 Å². The summed E-state index contributed by atoms with van der Waals surface area (Å²) in [5, 5.41) is 3.06. The van der Waals surface area contributed by atoms with E-state index >= 15 is 0 Å². The van der Waals surface area contributed by atoms with Crippen molar-refractivity contribution >= 4 is 11.7 Å². The number of nitrogens with zero attached hydrogens (tertiary/aromatic N) is 2. The van der Waals surface area contributed by atoms with E-state index in [9.17, 15) is 4.79 Å². The Balaban J connectivity index is 1.59. The molecule has 1 aliphatic rings. The molecule has 6 nitrogen and oxygen atoms in total. The number of urea groups is 1. The van der Waals surface area contributed by atoms with Crippen LogP contribution in [-0.4, -0.2) is 29.7 Å². The molecule has 1 aliphatic heterocycles. The largest absolute Gasteiger partial charge is 0.497 e. The van der Waals surface area contributed by atoms with Gasteiger partial charge in [-0.15, -0.1) is 0 Å². The van der Waals surface area contributed by atoms with Crippen LogP contribution in [0.4, 0.5) is 10.5 Å². The summed E-state index contributed by atoms with van der Waals surface area (Å²) in [5.74, 6) is 1.22. The second-order valence-corrected chi connectivity index (χ2v) is 7.90. The van der Waals surface area contributed by atoms with E-state index in [1.54, 1.807) is 32.4 Å². The first-order valence-corrected chi connectivity index (χ1v) is 10.8. The maximum absolute atomic E-state index is 13.8. The highest BCUT2D eigenvalue weighted by molar-refractivity contribution is 5.90. The minimum absolute atomic E-state index is 0.205. The van der Waals surface area contributed by atoms with Gasteiger partial charge in [0.15, 0.2) is 0 Å². The summed E-state index contributed by atoms with van der Waals surface area (Å²) in [7, 11) is 3.18. The van der Waals surface area contributed by atoms with Gasteiger partial charge in [-0.05, 0) is 29.3 Å². The zero-order chi connectivity index (χ0) is 22.8. The third-order valence-corrected chi connectivity index (χ3v) is 5.94. The smallest absolute Gasteiger partial charge is 0.322 e. The van der Waals surface area contributed by atoms with Crippen LogP contribution in [0.5, 0.6) is 11.5 Å². The molecule has 0 radical (unpaired) electrons. The highest BCUT2D eigenvalue weighted by Gasteiger charge is 2.33. The minimum Gasteiger partial charge on any atom is -0.497 e. The van der Waals surface area contributed by atoms with E-state index in [-0.39, 0.29) is 12.1 Å². The highest BCUT2D eigenvalue weighted by Crippen LogP contribution is 2.37. The second-order valence-electron chi connectivity index (χ2n) is 7.90. The van der Waals surface area contributed by atoms with Crippen molar-refractivity contribution in [3.8, 4) is 17.2 Å². The zero-order valence-electron chi connectivity index (χ0n) is 18.6. The standard InChI is InChI=1S/C27H25N3O3/c1-32-22-15-21(16-23(17-22)33-2)28-27(31)30-18-20-11-6-7-12-24(20)29-14-8-13-25(29)26(30)19-9-4-3-5-10-19/h3-17,26H,18H2,1-2H3,(H,28,31)/t26-/m0/s1. The third-order valence-electron chi connectivity index (χ3n) is 5.94. The van der Waals surface area contributed by atoms with Crippen molar-refractivity contribution in [1.29, 1.82) is 0 Å². The molecule has 0 fully saturated rings. The number of nitrogens with one attached hydrogen (secondary N) is 1. The van der Waals surface area contributed by atoms with E-state index < -0.39 is 0 Å². The van der Waals surface area contributed by atoms with Gasteiger partial charge in [-0.2, -0.15) is 0 Å². The Labute approximate surface area is 193 Å². The minimum atomic E-state index is -0.263.